The Kier molecular flexibility index (Phi) is 3.76. The van der Waals surface area contributed by atoms with Gasteiger partial charge in [0.2, 0.25) is 0 Å². The zero-order valence-corrected chi connectivity index (χ0v) is 12.5. The number of nitrogens with zero attached hydrogens (tertiary/aromatic N) is 2. The Morgan fingerprint density at radius 3 is 2.62 bits per heavy atom. The Morgan fingerprint density at radius 1 is 1.14 bits per heavy atom. The van der Waals surface area contributed by atoms with Crippen LogP contribution in [0.1, 0.15) is 13.3 Å². The summed E-state index contributed by atoms with van der Waals surface area (Å²) in [6.45, 7) is 2.70. The van der Waals surface area contributed by atoms with E-state index in [4.69, 9.17) is 11.6 Å². The summed E-state index contributed by atoms with van der Waals surface area (Å²) < 4.78 is 1.74. The normalized spacial score (nSPS) is 11.0. The molecule has 1 heterocycles. The van der Waals surface area contributed by atoms with Gasteiger partial charge in [0.15, 0.2) is 0 Å². The van der Waals surface area contributed by atoms with E-state index in [0.717, 1.165) is 12.0 Å². The van der Waals surface area contributed by atoms with Crippen LogP contribution in [0.15, 0.2) is 53.3 Å². The molecular weight excluding hydrogens is 284 g/mol. The number of aromatic nitrogens is 2. The van der Waals surface area contributed by atoms with Crippen LogP contribution in [0.5, 0.6) is 0 Å². The second-order valence-electron chi connectivity index (χ2n) is 4.92. The highest BCUT2D eigenvalue weighted by Crippen LogP contribution is 2.21. The van der Waals surface area contributed by atoms with Crippen LogP contribution in [0.4, 0.5) is 0 Å². The predicted octanol–water partition coefficient (Wildman–Crippen LogP) is 4.13. The molecule has 3 rings (SSSR count). The molecule has 3 aromatic rings. The highest BCUT2D eigenvalue weighted by atomic mass is 35.5. The minimum absolute atomic E-state index is 0.0163. The topological polar surface area (TPSA) is 34.9 Å². The standard InChI is InChI=1S/C17H15ClN2O/c1-2-10-20-16(12-6-4-3-5-7-12)19-15-11-13(18)8-9-14(15)17(20)21/h3-9,11H,2,10H2,1H3. The van der Waals surface area contributed by atoms with E-state index in [2.05, 4.69) is 4.98 Å². The zero-order valence-electron chi connectivity index (χ0n) is 11.7. The number of benzene rings is 2. The van der Waals surface area contributed by atoms with Crippen molar-refractivity contribution in [1.82, 2.24) is 9.55 Å². The lowest BCUT2D eigenvalue weighted by molar-refractivity contribution is 0.656. The van der Waals surface area contributed by atoms with Gasteiger partial charge in [-0.3, -0.25) is 9.36 Å². The maximum atomic E-state index is 12.7. The van der Waals surface area contributed by atoms with E-state index in [-0.39, 0.29) is 5.56 Å². The van der Waals surface area contributed by atoms with Gasteiger partial charge in [-0.05, 0) is 24.6 Å². The van der Waals surface area contributed by atoms with Crippen LogP contribution in [0.3, 0.4) is 0 Å². The van der Waals surface area contributed by atoms with Crippen LogP contribution >= 0.6 is 11.6 Å². The molecule has 4 heteroatoms. The molecule has 0 unspecified atom stereocenters. The van der Waals surface area contributed by atoms with Crippen molar-refractivity contribution in [3.05, 3.63) is 63.9 Å². The van der Waals surface area contributed by atoms with Crippen LogP contribution in [-0.2, 0) is 6.54 Å². The molecule has 0 aliphatic heterocycles. The van der Waals surface area contributed by atoms with Crippen molar-refractivity contribution in [2.75, 3.05) is 0 Å². The Labute approximate surface area is 127 Å². The van der Waals surface area contributed by atoms with Gasteiger partial charge in [0.25, 0.3) is 5.56 Å². The molecule has 0 atom stereocenters. The average molecular weight is 299 g/mol. The summed E-state index contributed by atoms with van der Waals surface area (Å²) in [5, 5.41) is 1.19. The molecule has 0 saturated carbocycles. The van der Waals surface area contributed by atoms with Crippen molar-refractivity contribution in [3.8, 4) is 11.4 Å². The van der Waals surface area contributed by atoms with Gasteiger partial charge < -0.3 is 0 Å². The Balaban J connectivity index is 2.36. The molecule has 0 N–H and O–H groups in total. The van der Waals surface area contributed by atoms with Crippen LogP contribution in [0, 0.1) is 0 Å². The zero-order chi connectivity index (χ0) is 14.8. The molecular formula is C17H15ClN2O. The van der Waals surface area contributed by atoms with Gasteiger partial charge in [-0.2, -0.15) is 0 Å². The van der Waals surface area contributed by atoms with E-state index in [0.29, 0.717) is 28.3 Å². The smallest absolute Gasteiger partial charge is 0.261 e. The number of hydrogen-bond donors (Lipinski definition) is 0. The predicted molar refractivity (Wildman–Crippen MR) is 86.7 cm³/mol. The van der Waals surface area contributed by atoms with E-state index >= 15 is 0 Å². The van der Waals surface area contributed by atoms with Crippen molar-refractivity contribution in [3.63, 3.8) is 0 Å². The molecule has 0 saturated heterocycles. The first-order chi connectivity index (χ1) is 10.2. The molecule has 3 nitrogen and oxygen atoms in total. The van der Waals surface area contributed by atoms with Crippen molar-refractivity contribution >= 4 is 22.5 Å². The van der Waals surface area contributed by atoms with Crippen molar-refractivity contribution < 1.29 is 0 Å². The summed E-state index contributed by atoms with van der Waals surface area (Å²) in [6, 6.07) is 15.0. The summed E-state index contributed by atoms with van der Waals surface area (Å²) in [5.41, 5.74) is 1.56. The van der Waals surface area contributed by atoms with Gasteiger partial charge in [0.1, 0.15) is 5.82 Å². The molecule has 0 spiro atoms. The maximum absolute atomic E-state index is 12.7. The molecule has 0 fully saturated rings. The molecule has 0 amide bonds. The van der Waals surface area contributed by atoms with Crippen LogP contribution in [-0.4, -0.2) is 9.55 Å². The molecule has 0 aliphatic rings. The third-order valence-electron chi connectivity index (χ3n) is 3.40. The minimum atomic E-state index is -0.0163. The lowest BCUT2D eigenvalue weighted by atomic mass is 10.1. The van der Waals surface area contributed by atoms with E-state index < -0.39 is 0 Å². The van der Waals surface area contributed by atoms with E-state index in [1.165, 1.54) is 0 Å². The summed E-state index contributed by atoms with van der Waals surface area (Å²) in [5.74, 6) is 0.692. The second-order valence-corrected chi connectivity index (χ2v) is 5.36. The lowest BCUT2D eigenvalue weighted by Gasteiger charge is -2.13. The fourth-order valence-corrected chi connectivity index (χ4v) is 2.60. The average Bonchev–Trinajstić information content (AvgIpc) is 2.50. The Hall–Kier alpha value is -2.13. The summed E-state index contributed by atoms with van der Waals surface area (Å²) >= 11 is 6.02. The quantitative estimate of drug-likeness (QED) is 0.729. The van der Waals surface area contributed by atoms with Gasteiger partial charge in [-0.1, -0.05) is 48.9 Å². The first kappa shape index (κ1) is 13.8. The highest BCUT2D eigenvalue weighted by molar-refractivity contribution is 6.31. The SMILES string of the molecule is CCCn1c(-c2ccccc2)nc2cc(Cl)ccc2c1=O. The molecule has 21 heavy (non-hydrogen) atoms. The number of halogens is 1. The summed E-state index contributed by atoms with van der Waals surface area (Å²) in [6.07, 6.45) is 0.876. The minimum Gasteiger partial charge on any atom is -0.292 e. The van der Waals surface area contributed by atoms with Gasteiger partial charge in [-0.25, -0.2) is 4.98 Å². The van der Waals surface area contributed by atoms with E-state index in [1.807, 2.05) is 37.3 Å². The maximum Gasteiger partial charge on any atom is 0.261 e. The third kappa shape index (κ3) is 2.57. The van der Waals surface area contributed by atoms with Gasteiger partial charge in [-0.15, -0.1) is 0 Å². The molecule has 0 bridgehead atoms. The molecule has 106 valence electrons. The Morgan fingerprint density at radius 2 is 1.90 bits per heavy atom. The van der Waals surface area contributed by atoms with E-state index in [9.17, 15) is 4.79 Å². The first-order valence-corrected chi connectivity index (χ1v) is 7.34. The van der Waals surface area contributed by atoms with Crippen LogP contribution in [0.2, 0.25) is 5.02 Å². The number of fused-ring (bicyclic) bond motifs is 1. The first-order valence-electron chi connectivity index (χ1n) is 6.96. The highest BCUT2D eigenvalue weighted by Gasteiger charge is 2.12. The second kappa shape index (κ2) is 5.70. The molecule has 2 aromatic carbocycles. The third-order valence-corrected chi connectivity index (χ3v) is 3.63. The molecule has 0 aliphatic carbocycles. The largest absolute Gasteiger partial charge is 0.292 e. The fraction of sp³-hybridized carbons (Fsp3) is 0.176. The number of hydrogen-bond acceptors (Lipinski definition) is 2. The Bertz CT molecular complexity index is 841. The van der Waals surface area contributed by atoms with Gasteiger partial charge in [0.05, 0.1) is 10.9 Å². The van der Waals surface area contributed by atoms with Crippen molar-refractivity contribution in [2.24, 2.45) is 0 Å². The van der Waals surface area contributed by atoms with Crippen molar-refractivity contribution in [2.45, 2.75) is 19.9 Å². The van der Waals surface area contributed by atoms with Gasteiger partial charge in [0, 0.05) is 17.1 Å². The van der Waals surface area contributed by atoms with Gasteiger partial charge >= 0.3 is 0 Å². The fourth-order valence-electron chi connectivity index (χ4n) is 2.43. The monoisotopic (exact) mass is 298 g/mol. The summed E-state index contributed by atoms with van der Waals surface area (Å²) in [4.78, 5) is 17.4. The van der Waals surface area contributed by atoms with Crippen LogP contribution in [0.25, 0.3) is 22.3 Å². The molecule has 0 radical (unpaired) electrons. The summed E-state index contributed by atoms with van der Waals surface area (Å²) in [7, 11) is 0. The number of rotatable bonds is 3. The van der Waals surface area contributed by atoms with E-state index in [1.54, 1.807) is 22.8 Å². The lowest BCUT2D eigenvalue weighted by Crippen LogP contribution is -2.23. The molecule has 1 aromatic heterocycles. The van der Waals surface area contributed by atoms with Crippen molar-refractivity contribution in [1.29, 1.82) is 0 Å². The van der Waals surface area contributed by atoms with Crippen LogP contribution < -0.4 is 5.56 Å².